The molecule has 0 unspecified atom stereocenters. The van der Waals surface area contributed by atoms with Gasteiger partial charge in [-0.2, -0.15) is 0 Å². The molecule has 0 radical (unpaired) electrons. The van der Waals surface area contributed by atoms with Gasteiger partial charge in [-0.05, 0) is 29.3 Å². The number of fused-ring (bicyclic) bond motifs is 1. The molecule has 0 aliphatic rings. The molecule has 0 aliphatic carbocycles. The number of aryl methyl sites for hydroxylation is 2. The third kappa shape index (κ3) is 1.08. The van der Waals surface area contributed by atoms with Gasteiger partial charge in [0, 0.05) is 0 Å². The van der Waals surface area contributed by atoms with Crippen LogP contribution in [0.15, 0.2) is 3.92 Å². The molecule has 0 saturated heterocycles. The fraction of sp³-hybridized carbons (Fsp3) is 0.429. The van der Waals surface area contributed by atoms with E-state index in [0.29, 0.717) is 0 Å². The van der Waals surface area contributed by atoms with Crippen LogP contribution < -0.4 is 0 Å². The zero-order valence-corrected chi connectivity index (χ0v) is 9.24. The first-order valence-electron chi connectivity index (χ1n) is 3.73. The largest absolute Gasteiger partial charge is 0.222 e. The van der Waals surface area contributed by atoms with E-state index < -0.39 is 0 Å². The molecule has 0 fully saturated rings. The molecule has 2 heterocycles. The number of halogens is 1. The normalized spacial score (nSPS) is 11.2. The maximum Gasteiger partial charge on any atom is 0.213 e. The quantitative estimate of drug-likeness (QED) is 0.773. The maximum atomic E-state index is 4.44. The van der Waals surface area contributed by atoms with Crippen LogP contribution in [0.3, 0.4) is 0 Å². The molecule has 0 atom stereocenters. The third-order valence-corrected chi connectivity index (χ3v) is 3.18. The summed E-state index contributed by atoms with van der Waals surface area (Å²) in [4.78, 5) is 5.41. The van der Waals surface area contributed by atoms with Crippen molar-refractivity contribution in [3.05, 3.63) is 15.3 Å². The Morgan fingerprint density at radius 2 is 2.33 bits per heavy atom. The van der Waals surface area contributed by atoms with E-state index in [9.17, 15) is 0 Å². The zero-order chi connectivity index (χ0) is 8.72. The minimum Gasteiger partial charge on any atom is -0.222 e. The predicted octanol–water partition coefficient (Wildman–Crippen LogP) is 2.42. The number of hydrogen-bond donors (Lipinski definition) is 0. The van der Waals surface area contributed by atoms with Crippen molar-refractivity contribution >= 4 is 32.2 Å². The Balaban J connectivity index is 2.74. The van der Waals surface area contributed by atoms with Crippen LogP contribution >= 0.6 is 27.3 Å². The van der Waals surface area contributed by atoms with Gasteiger partial charge in [0.25, 0.3) is 0 Å². The highest BCUT2D eigenvalue weighted by molar-refractivity contribution is 9.11. The van der Waals surface area contributed by atoms with Gasteiger partial charge < -0.3 is 0 Å². The Hall–Kier alpha value is -0.420. The van der Waals surface area contributed by atoms with Crippen molar-refractivity contribution in [1.82, 2.24) is 14.6 Å². The standard InChI is InChI=1S/C7H8BrN3S/c1-3-5-4(2)11-7(9-5)12-6(8)10-11/h3H2,1-2H3. The van der Waals surface area contributed by atoms with Crippen molar-refractivity contribution in [2.24, 2.45) is 0 Å². The Kier molecular flexibility index (Phi) is 1.92. The second-order valence-electron chi connectivity index (χ2n) is 2.55. The van der Waals surface area contributed by atoms with Gasteiger partial charge in [0.1, 0.15) is 0 Å². The van der Waals surface area contributed by atoms with Gasteiger partial charge in [0.05, 0.1) is 11.4 Å². The fourth-order valence-corrected chi connectivity index (χ4v) is 2.49. The molecule has 2 aromatic heterocycles. The van der Waals surface area contributed by atoms with E-state index in [4.69, 9.17) is 0 Å². The summed E-state index contributed by atoms with van der Waals surface area (Å²) >= 11 is 4.89. The lowest BCUT2D eigenvalue weighted by Gasteiger charge is -1.89. The second-order valence-corrected chi connectivity index (χ2v) is 4.78. The van der Waals surface area contributed by atoms with E-state index in [2.05, 4.69) is 32.9 Å². The molecule has 3 nitrogen and oxygen atoms in total. The van der Waals surface area contributed by atoms with E-state index in [1.54, 1.807) is 11.3 Å². The van der Waals surface area contributed by atoms with Crippen molar-refractivity contribution in [1.29, 1.82) is 0 Å². The molecule has 5 heteroatoms. The SMILES string of the molecule is CCc1nc2sc(Br)nn2c1C. The highest BCUT2D eigenvalue weighted by atomic mass is 79.9. The minimum absolute atomic E-state index is 0.885. The fourth-order valence-electron chi connectivity index (χ4n) is 1.20. The van der Waals surface area contributed by atoms with Crippen molar-refractivity contribution < 1.29 is 0 Å². The summed E-state index contributed by atoms with van der Waals surface area (Å²) in [5.74, 6) is 0. The van der Waals surface area contributed by atoms with Crippen molar-refractivity contribution in [2.75, 3.05) is 0 Å². The number of rotatable bonds is 1. The van der Waals surface area contributed by atoms with Gasteiger partial charge in [-0.25, -0.2) is 9.50 Å². The molecule has 2 rings (SSSR count). The average Bonchev–Trinajstić information content (AvgIpc) is 2.51. The van der Waals surface area contributed by atoms with Gasteiger partial charge in [0.2, 0.25) is 4.96 Å². The molecule has 12 heavy (non-hydrogen) atoms. The summed E-state index contributed by atoms with van der Waals surface area (Å²) in [5.41, 5.74) is 2.29. The Morgan fingerprint density at radius 1 is 1.58 bits per heavy atom. The summed E-state index contributed by atoms with van der Waals surface area (Å²) in [6.07, 6.45) is 0.972. The van der Waals surface area contributed by atoms with Crippen LogP contribution in [0.1, 0.15) is 18.3 Å². The average molecular weight is 246 g/mol. The van der Waals surface area contributed by atoms with Gasteiger partial charge in [0.15, 0.2) is 3.92 Å². The smallest absolute Gasteiger partial charge is 0.213 e. The molecular weight excluding hydrogens is 238 g/mol. The van der Waals surface area contributed by atoms with Crippen LogP contribution in [-0.4, -0.2) is 14.6 Å². The highest BCUT2D eigenvalue weighted by Crippen LogP contribution is 2.22. The Morgan fingerprint density at radius 3 is 2.92 bits per heavy atom. The zero-order valence-electron chi connectivity index (χ0n) is 6.83. The highest BCUT2D eigenvalue weighted by Gasteiger charge is 2.09. The number of aromatic nitrogens is 3. The van der Waals surface area contributed by atoms with Crippen LogP contribution in [0.5, 0.6) is 0 Å². The summed E-state index contributed by atoms with van der Waals surface area (Å²) < 4.78 is 2.77. The number of hydrogen-bond acceptors (Lipinski definition) is 3. The van der Waals surface area contributed by atoms with Crippen LogP contribution in [0.2, 0.25) is 0 Å². The topological polar surface area (TPSA) is 30.2 Å². The first-order chi connectivity index (χ1) is 5.72. The molecule has 0 aromatic carbocycles. The molecule has 0 N–H and O–H groups in total. The van der Waals surface area contributed by atoms with E-state index in [1.165, 1.54) is 0 Å². The van der Waals surface area contributed by atoms with E-state index in [1.807, 2.05) is 11.4 Å². The van der Waals surface area contributed by atoms with Gasteiger partial charge in [-0.1, -0.05) is 18.3 Å². The van der Waals surface area contributed by atoms with Crippen molar-refractivity contribution in [3.63, 3.8) is 0 Å². The van der Waals surface area contributed by atoms with Gasteiger partial charge >= 0.3 is 0 Å². The van der Waals surface area contributed by atoms with Gasteiger partial charge in [-0.15, -0.1) is 5.10 Å². The second kappa shape index (κ2) is 2.81. The van der Waals surface area contributed by atoms with Crippen LogP contribution in [0.25, 0.3) is 4.96 Å². The lowest BCUT2D eigenvalue weighted by Crippen LogP contribution is -1.89. The predicted molar refractivity (Wildman–Crippen MR) is 52.7 cm³/mol. The molecular formula is C7H8BrN3S. The van der Waals surface area contributed by atoms with E-state index in [0.717, 1.165) is 26.7 Å². The Labute approximate surface area is 82.6 Å². The third-order valence-electron chi connectivity index (χ3n) is 1.84. The minimum atomic E-state index is 0.885. The van der Waals surface area contributed by atoms with Crippen molar-refractivity contribution in [3.8, 4) is 0 Å². The summed E-state index contributed by atoms with van der Waals surface area (Å²) in [7, 11) is 0. The number of nitrogens with zero attached hydrogens (tertiary/aromatic N) is 3. The molecule has 0 aliphatic heterocycles. The lowest BCUT2D eigenvalue weighted by molar-refractivity contribution is 0.902. The first kappa shape index (κ1) is 8.19. The molecule has 2 aromatic rings. The van der Waals surface area contributed by atoms with E-state index in [-0.39, 0.29) is 0 Å². The molecule has 0 spiro atoms. The summed E-state index contributed by atoms with van der Waals surface area (Å²) in [6, 6.07) is 0. The van der Waals surface area contributed by atoms with E-state index >= 15 is 0 Å². The van der Waals surface area contributed by atoms with Gasteiger partial charge in [-0.3, -0.25) is 0 Å². The lowest BCUT2D eigenvalue weighted by atomic mass is 10.3. The first-order valence-corrected chi connectivity index (χ1v) is 5.34. The summed E-state index contributed by atoms with van der Waals surface area (Å²) in [6.45, 7) is 4.15. The maximum absolute atomic E-state index is 4.44. The molecule has 0 amide bonds. The molecule has 0 saturated carbocycles. The monoisotopic (exact) mass is 245 g/mol. The number of imidazole rings is 1. The van der Waals surface area contributed by atoms with Crippen LogP contribution in [-0.2, 0) is 6.42 Å². The molecule has 0 bridgehead atoms. The Bertz CT molecular complexity index is 417. The summed E-state index contributed by atoms with van der Waals surface area (Å²) in [5, 5.41) is 4.27. The van der Waals surface area contributed by atoms with Crippen LogP contribution in [0, 0.1) is 6.92 Å². The van der Waals surface area contributed by atoms with Crippen LogP contribution in [0.4, 0.5) is 0 Å². The molecule has 64 valence electrons. The van der Waals surface area contributed by atoms with Crippen molar-refractivity contribution in [2.45, 2.75) is 20.3 Å².